The normalized spacial score (nSPS) is 10.7. The number of nitrogen functional groups attached to an aromatic ring is 1. The number of halogens is 1. The van der Waals surface area contributed by atoms with Gasteiger partial charge in [-0.25, -0.2) is 15.0 Å². The molecule has 0 fully saturated rings. The summed E-state index contributed by atoms with van der Waals surface area (Å²) in [6.07, 6.45) is 3.51. The van der Waals surface area contributed by atoms with Crippen molar-refractivity contribution in [3.05, 3.63) is 66.0 Å². The van der Waals surface area contributed by atoms with Crippen LogP contribution in [0.15, 0.2) is 54.9 Å². The van der Waals surface area contributed by atoms with Gasteiger partial charge in [0, 0.05) is 24.6 Å². The maximum atomic E-state index is 6.10. The molecule has 4 aromatic rings. The van der Waals surface area contributed by atoms with Crippen molar-refractivity contribution < 1.29 is 0 Å². The maximum Gasteiger partial charge on any atom is 0.164 e. The van der Waals surface area contributed by atoms with Crippen molar-refractivity contribution in [1.82, 2.24) is 19.5 Å². The second kappa shape index (κ2) is 7.11. The quantitative estimate of drug-likeness (QED) is 0.580. The van der Waals surface area contributed by atoms with Gasteiger partial charge in [-0.2, -0.15) is 0 Å². The summed E-state index contributed by atoms with van der Waals surface area (Å²) in [5.74, 6) is 1.16. The van der Waals surface area contributed by atoms with Crippen LogP contribution in [0.3, 0.4) is 0 Å². The van der Waals surface area contributed by atoms with Gasteiger partial charge >= 0.3 is 0 Å². The Balaban J connectivity index is 0.00000196. The number of aryl methyl sites for hydroxylation is 1. The molecule has 4 rings (SSSR count). The predicted octanol–water partition coefficient (Wildman–Crippen LogP) is 3.25. The minimum absolute atomic E-state index is 0. The number of rotatable bonds is 3. The SMILES string of the molecule is Cc1cnc2c(c1)nc(-c1cccnc1N)n2-c1ccc(CN)cc1.Cl. The molecule has 0 atom stereocenters. The first kappa shape index (κ1) is 17.8. The van der Waals surface area contributed by atoms with Crippen LogP contribution in [-0.4, -0.2) is 19.5 Å². The molecule has 0 saturated heterocycles. The number of nitrogens with zero attached hydrogens (tertiary/aromatic N) is 4. The molecular weight excluding hydrogens is 348 g/mol. The minimum atomic E-state index is 0. The van der Waals surface area contributed by atoms with Crippen molar-refractivity contribution >= 4 is 29.4 Å². The van der Waals surface area contributed by atoms with Crippen LogP contribution in [0.1, 0.15) is 11.1 Å². The first-order valence-corrected chi connectivity index (χ1v) is 8.02. The predicted molar refractivity (Wildman–Crippen MR) is 106 cm³/mol. The summed E-state index contributed by atoms with van der Waals surface area (Å²) in [5.41, 5.74) is 17.3. The molecular formula is C19H19ClN6. The fourth-order valence-electron chi connectivity index (χ4n) is 2.88. The first-order chi connectivity index (χ1) is 12.2. The lowest BCUT2D eigenvalue weighted by Crippen LogP contribution is -2.02. The average Bonchev–Trinajstić information content (AvgIpc) is 3.00. The molecule has 4 N–H and O–H groups in total. The van der Waals surface area contributed by atoms with Gasteiger partial charge in [0.25, 0.3) is 0 Å². The Kier molecular flexibility index (Phi) is 4.88. The molecule has 0 bridgehead atoms. The molecule has 0 aliphatic rings. The highest BCUT2D eigenvalue weighted by Crippen LogP contribution is 2.30. The smallest absolute Gasteiger partial charge is 0.164 e. The van der Waals surface area contributed by atoms with Gasteiger partial charge < -0.3 is 11.5 Å². The number of anilines is 1. The van der Waals surface area contributed by atoms with Crippen molar-refractivity contribution in [2.75, 3.05) is 5.73 Å². The summed E-state index contributed by atoms with van der Waals surface area (Å²) in [6, 6.07) is 13.8. The first-order valence-electron chi connectivity index (χ1n) is 8.02. The van der Waals surface area contributed by atoms with E-state index in [2.05, 4.69) is 9.97 Å². The lowest BCUT2D eigenvalue weighted by atomic mass is 10.2. The molecule has 0 spiro atoms. The number of benzene rings is 1. The molecule has 0 saturated carbocycles. The number of nitrogens with two attached hydrogens (primary N) is 2. The molecule has 0 radical (unpaired) electrons. The Morgan fingerprint density at radius 2 is 1.85 bits per heavy atom. The Morgan fingerprint density at radius 1 is 1.08 bits per heavy atom. The summed E-state index contributed by atoms with van der Waals surface area (Å²) >= 11 is 0. The third-order valence-corrected chi connectivity index (χ3v) is 4.14. The topological polar surface area (TPSA) is 95.6 Å². The minimum Gasteiger partial charge on any atom is -0.383 e. The van der Waals surface area contributed by atoms with Crippen LogP contribution in [0.5, 0.6) is 0 Å². The second-order valence-electron chi connectivity index (χ2n) is 5.93. The van der Waals surface area contributed by atoms with Crippen molar-refractivity contribution in [1.29, 1.82) is 0 Å². The Morgan fingerprint density at radius 3 is 2.54 bits per heavy atom. The fraction of sp³-hybridized carbons (Fsp3) is 0.105. The van der Waals surface area contributed by atoms with Gasteiger partial charge in [-0.15, -0.1) is 12.4 Å². The van der Waals surface area contributed by atoms with Gasteiger partial charge in [0.1, 0.15) is 11.3 Å². The van der Waals surface area contributed by atoms with E-state index in [1.54, 1.807) is 6.20 Å². The summed E-state index contributed by atoms with van der Waals surface area (Å²) < 4.78 is 2.00. The number of imidazole rings is 1. The Bertz CT molecular complexity index is 1060. The zero-order chi connectivity index (χ0) is 17.4. The van der Waals surface area contributed by atoms with E-state index in [-0.39, 0.29) is 12.4 Å². The van der Waals surface area contributed by atoms with Crippen molar-refractivity contribution in [2.45, 2.75) is 13.5 Å². The molecule has 0 aliphatic carbocycles. The van der Waals surface area contributed by atoms with Gasteiger partial charge in [-0.3, -0.25) is 4.57 Å². The van der Waals surface area contributed by atoms with E-state index in [1.165, 1.54) is 0 Å². The van der Waals surface area contributed by atoms with Crippen LogP contribution in [0.2, 0.25) is 0 Å². The monoisotopic (exact) mass is 366 g/mol. The molecule has 6 nitrogen and oxygen atoms in total. The number of hydrogen-bond acceptors (Lipinski definition) is 5. The van der Waals surface area contributed by atoms with Crippen molar-refractivity contribution in [2.24, 2.45) is 5.73 Å². The summed E-state index contributed by atoms with van der Waals surface area (Å²) in [5, 5.41) is 0. The number of hydrogen-bond donors (Lipinski definition) is 2. The number of fused-ring (bicyclic) bond motifs is 1. The van der Waals surface area contributed by atoms with Crippen LogP contribution in [0.4, 0.5) is 5.82 Å². The van der Waals surface area contributed by atoms with Gasteiger partial charge in [-0.05, 0) is 48.4 Å². The van der Waals surface area contributed by atoms with Crippen LogP contribution in [-0.2, 0) is 6.54 Å². The third kappa shape index (κ3) is 3.00. The molecule has 1 aromatic carbocycles. The Hall–Kier alpha value is -2.96. The molecule has 0 aliphatic heterocycles. The van der Waals surface area contributed by atoms with Crippen LogP contribution in [0, 0.1) is 6.92 Å². The lowest BCUT2D eigenvalue weighted by Gasteiger charge is -2.10. The number of aromatic nitrogens is 4. The summed E-state index contributed by atoms with van der Waals surface area (Å²) in [4.78, 5) is 13.6. The highest BCUT2D eigenvalue weighted by atomic mass is 35.5. The highest BCUT2D eigenvalue weighted by molar-refractivity contribution is 5.85. The van der Waals surface area contributed by atoms with Crippen LogP contribution < -0.4 is 11.5 Å². The van der Waals surface area contributed by atoms with E-state index in [1.807, 2.05) is 60.2 Å². The largest absolute Gasteiger partial charge is 0.383 e. The van der Waals surface area contributed by atoms with E-state index in [4.69, 9.17) is 16.5 Å². The summed E-state index contributed by atoms with van der Waals surface area (Å²) in [6.45, 7) is 2.50. The number of pyridine rings is 2. The molecule has 132 valence electrons. The Labute approximate surface area is 157 Å². The van der Waals surface area contributed by atoms with E-state index in [9.17, 15) is 0 Å². The molecule has 0 amide bonds. The fourth-order valence-corrected chi connectivity index (χ4v) is 2.88. The maximum absolute atomic E-state index is 6.10. The molecule has 7 heteroatoms. The molecule has 3 aromatic heterocycles. The van der Waals surface area contributed by atoms with Crippen LogP contribution in [0.25, 0.3) is 28.2 Å². The van der Waals surface area contributed by atoms with Crippen molar-refractivity contribution in [3.63, 3.8) is 0 Å². The molecule has 0 unspecified atom stereocenters. The lowest BCUT2D eigenvalue weighted by molar-refractivity contribution is 1.04. The van der Waals surface area contributed by atoms with Crippen LogP contribution >= 0.6 is 12.4 Å². The average molecular weight is 367 g/mol. The van der Waals surface area contributed by atoms with E-state index < -0.39 is 0 Å². The standard InChI is InChI=1S/C19H18N6.ClH/c1-12-9-16-19(23-11-12)25(14-6-4-13(10-20)5-7-14)18(24-16)15-3-2-8-22-17(15)21;/h2-9,11H,10,20H2,1H3,(H2,21,22);1H. The second-order valence-corrected chi connectivity index (χ2v) is 5.93. The van der Waals surface area contributed by atoms with Crippen molar-refractivity contribution in [3.8, 4) is 17.1 Å². The van der Waals surface area contributed by atoms with E-state index >= 15 is 0 Å². The van der Waals surface area contributed by atoms with E-state index in [0.29, 0.717) is 12.4 Å². The van der Waals surface area contributed by atoms with Gasteiger partial charge in [0.05, 0.1) is 5.56 Å². The van der Waals surface area contributed by atoms with Gasteiger partial charge in [-0.1, -0.05) is 12.1 Å². The zero-order valence-corrected chi connectivity index (χ0v) is 15.1. The van der Waals surface area contributed by atoms with E-state index in [0.717, 1.165) is 39.4 Å². The summed E-state index contributed by atoms with van der Waals surface area (Å²) in [7, 11) is 0. The molecule has 26 heavy (non-hydrogen) atoms. The third-order valence-electron chi connectivity index (χ3n) is 4.14. The highest BCUT2D eigenvalue weighted by Gasteiger charge is 2.17. The zero-order valence-electron chi connectivity index (χ0n) is 14.3. The van der Waals surface area contributed by atoms with Gasteiger partial charge in [0.15, 0.2) is 11.5 Å². The molecule has 3 heterocycles. The van der Waals surface area contributed by atoms with Gasteiger partial charge in [0.2, 0.25) is 0 Å².